The Morgan fingerprint density at radius 2 is 1.93 bits per heavy atom. The molecule has 1 aliphatic heterocycles. The molecule has 2 heterocycles. The van der Waals surface area contributed by atoms with Gasteiger partial charge in [-0.25, -0.2) is 13.9 Å². The van der Waals surface area contributed by atoms with E-state index in [-0.39, 0.29) is 17.4 Å². The molecule has 2 aromatic carbocycles. The molecule has 0 saturated carbocycles. The second-order valence-corrected chi connectivity index (χ2v) is 7.16. The fourth-order valence-electron chi connectivity index (χ4n) is 3.44. The second kappa shape index (κ2) is 7.94. The highest BCUT2D eigenvalue weighted by atomic mass is 19.1. The van der Waals surface area contributed by atoms with E-state index in [9.17, 15) is 18.8 Å². The van der Waals surface area contributed by atoms with Crippen LogP contribution in [0.4, 0.5) is 10.1 Å². The van der Waals surface area contributed by atoms with Gasteiger partial charge in [-0.15, -0.1) is 5.10 Å². The van der Waals surface area contributed by atoms with Crippen molar-refractivity contribution in [3.05, 3.63) is 81.8 Å². The maximum absolute atomic E-state index is 13.7. The van der Waals surface area contributed by atoms with Gasteiger partial charge in [0.2, 0.25) is 11.7 Å². The predicted octanol–water partition coefficient (Wildman–Crippen LogP) is 1.79. The number of nitrogens with one attached hydrogen (secondary N) is 1. The smallest absolute Gasteiger partial charge is 0.330 e. The summed E-state index contributed by atoms with van der Waals surface area (Å²) in [5, 5.41) is 6.47. The molecular formula is C21H20FN5O3. The van der Waals surface area contributed by atoms with Crippen LogP contribution >= 0.6 is 0 Å². The number of para-hydroxylation sites is 1. The fraction of sp³-hybridized carbons (Fsp3) is 0.238. The number of halogens is 1. The van der Waals surface area contributed by atoms with E-state index in [1.54, 1.807) is 11.0 Å². The first kappa shape index (κ1) is 19.6. The number of aryl methyl sites for hydroxylation is 1. The van der Waals surface area contributed by atoms with E-state index in [1.807, 2.05) is 31.2 Å². The highest BCUT2D eigenvalue weighted by Crippen LogP contribution is 2.15. The Kier molecular flexibility index (Phi) is 5.18. The minimum absolute atomic E-state index is 0.00223. The van der Waals surface area contributed by atoms with Crippen LogP contribution in [0.15, 0.2) is 53.3 Å². The van der Waals surface area contributed by atoms with Crippen molar-refractivity contribution in [3.63, 3.8) is 0 Å². The molecule has 0 fully saturated rings. The Hall–Kier alpha value is -3.75. The number of benzene rings is 2. The van der Waals surface area contributed by atoms with Gasteiger partial charge in [0.15, 0.2) is 0 Å². The first-order valence-corrected chi connectivity index (χ1v) is 9.49. The van der Waals surface area contributed by atoms with Crippen molar-refractivity contribution in [3.8, 4) is 0 Å². The molecule has 3 aromatic rings. The van der Waals surface area contributed by atoms with E-state index < -0.39 is 24.0 Å². The number of anilines is 1. The van der Waals surface area contributed by atoms with E-state index in [4.69, 9.17) is 0 Å². The minimum atomic E-state index is -0.610. The summed E-state index contributed by atoms with van der Waals surface area (Å²) in [5.41, 5.74) is 1.55. The topological polar surface area (TPSA) is 89.2 Å². The summed E-state index contributed by atoms with van der Waals surface area (Å²) < 4.78 is 15.9. The summed E-state index contributed by atoms with van der Waals surface area (Å²) in [4.78, 5) is 39.3. The van der Waals surface area contributed by atoms with Gasteiger partial charge in [0.1, 0.15) is 12.4 Å². The molecule has 0 bridgehead atoms. The number of carbonyl (C=O) groups is 2. The molecule has 30 heavy (non-hydrogen) atoms. The predicted molar refractivity (Wildman–Crippen MR) is 107 cm³/mol. The number of amides is 2. The van der Waals surface area contributed by atoms with Gasteiger partial charge in [-0.3, -0.25) is 14.2 Å². The van der Waals surface area contributed by atoms with Gasteiger partial charge in [0.05, 0.1) is 5.69 Å². The molecule has 154 valence electrons. The lowest BCUT2D eigenvalue weighted by molar-refractivity contribution is -0.117. The molecule has 2 amide bonds. The summed E-state index contributed by atoms with van der Waals surface area (Å²) in [6, 6.07) is 13.6. The van der Waals surface area contributed by atoms with E-state index in [0.29, 0.717) is 19.6 Å². The molecule has 0 unspecified atom stereocenters. The molecule has 1 N–H and O–H groups in total. The molecule has 0 aliphatic carbocycles. The summed E-state index contributed by atoms with van der Waals surface area (Å²) in [5.74, 6) is -1.56. The second-order valence-electron chi connectivity index (χ2n) is 7.16. The Bertz CT molecular complexity index is 1180. The van der Waals surface area contributed by atoms with Crippen LogP contribution < -0.4 is 11.0 Å². The zero-order valence-corrected chi connectivity index (χ0v) is 16.3. The van der Waals surface area contributed by atoms with Gasteiger partial charge < -0.3 is 10.2 Å². The Balaban J connectivity index is 1.50. The molecule has 0 radical (unpaired) electrons. The summed E-state index contributed by atoms with van der Waals surface area (Å²) in [6.07, 6.45) is 0. The van der Waals surface area contributed by atoms with Gasteiger partial charge in [-0.1, -0.05) is 42.0 Å². The standard InChI is InChI=1S/C21H20FN5O3/c1-14-5-4-6-15(11-14)12-25-9-10-26-19(20(25)29)24-27(21(26)30)13-18(28)23-17-8-3-2-7-16(17)22/h2-8,11H,9-10,12-13H2,1H3,(H,23,28). The van der Waals surface area contributed by atoms with Crippen LogP contribution in [0.25, 0.3) is 0 Å². The van der Waals surface area contributed by atoms with Crippen LogP contribution in [0.1, 0.15) is 21.7 Å². The van der Waals surface area contributed by atoms with E-state index in [1.165, 1.54) is 22.8 Å². The third kappa shape index (κ3) is 3.86. The number of aromatic nitrogens is 3. The molecule has 0 saturated heterocycles. The third-order valence-corrected chi connectivity index (χ3v) is 4.89. The molecule has 9 heteroatoms. The molecule has 1 aliphatic rings. The van der Waals surface area contributed by atoms with E-state index in [2.05, 4.69) is 10.4 Å². The summed E-state index contributed by atoms with van der Waals surface area (Å²) >= 11 is 0. The van der Waals surface area contributed by atoms with Crippen molar-refractivity contribution in [1.82, 2.24) is 19.2 Å². The number of nitrogens with zero attached hydrogens (tertiary/aromatic N) is 4. The highest BCUT2D eigenvalue weighted by Gasteiger charge is 2.30. The normalized spacial score (nSPS) is 13.3. The Morgan fingerprint density at radius 3 is 2.70 bits per heavy atom. The van der Waals surface area contributed by atoms with Crippen molar-refractivity contribution >= 4 is 17.5 Å². The molecule has 4 rings (SSSR count). The van der Waals surface area contributed by atoms with Crippen molar-refractivity contribution in [2.45, 2.75) is 26.6 Å². The number of rotatable bonds is 5. The zero-order chi connectivity index (χ0) is 21.3. The SMILES string of the molecule is Cc1cccc(CN2CCn3c(nn(CC(=O)Nc4ccccc4F)c3=O)C2=O)c1. The number of hydrogen-bond acceptors (Lipinski definition) is 4. The van der Waals surface area contributed by atoms with Crippen molar-refractivity contribution < 1.29 is 14.0 Å². The van der Waals surface area contributed by atoms with Gasteiger partial charge in [-0.05, 0) is 24.6 Å². The summed E-state index contributed by atoms with van der Waals surface area (Å²) in [7, 11) is 0. The van der Waals surface area contributed by atoms with Crippen molar-refractivity contribution in [2.24, 2.45) is 0 Å². The van der Waals surface area contributed by atoms with Crippen LogP contribution in [0.3, 0.4) is 0 Å². The van der Waals surface area contributed by atoms with Gasteiger partial charge in [-0.2, -0.15) is 0 Å². The van der Waals surface area contributed by atoms with Crippen LogP contribution in [0, 0.1) is 12.7 Å². The maximum Gasteiger partial charge on any atom is 0.346 e. The zero-order valence-electron chi connectivity index (χ0n) is 16.3. The van der Waals surface area contributed by atoms with Crippen LogP contribution in [0.2, 0.25) is 0 Å². The number of carbonyl (C=O) groups excluding carboxylic acids is 2. The Morgan fingerprint density at radius 1 is 1.13 bits per heavy atom. The fourth-order valence-corrected chi connectivity index (χ4v) is 3.44. The maximum atomic E-state index is 13.7. The minimum Gasteiger partial charge on any atom is -0.330 e. The largest absolute Gasteiger partial charge is 0.346 e. The molecule has 8 nitrogen and oxygen atoms in total. The Labute approximate surface area is 171 Å². The average molecular weight is 409 g/mol. The quantitative estimate of drug-likeness (QED) is 0.696. The lowest BCUT2D eigenvalue weighted by Crippen LogP contribution is -2.42. The third-order valence-electron chi connectivity index (χ3n) is 4.89. The van der Waals surface area contributed by atoms with Gasteiger partial charge in [0.25, 0.3) is 5.91 Å². The molecule has 1 aromatic heterocycles. The number of fused-ring (bicyclic) bond motifs is 1. The first-order valence-electron chi connectivity index (χ1n) is 9.49. The van der Waals surface area contributed by atoms with E-state index in [0.717, 1.165) is 15.8 Å². The van der Waals surface area contributed by atoms with Gasteiger partial charge >= 0.3 is 5.69 Å². The van der Waals surface area contributed by atoms with Crippen LogP contribution in [-0.4, -0.2) is 37.6 Å². The highest BCUT2D eigenvalue weighted by molar-refractivity contribution is 5.92. The average Bonchev–Trinajstić information content (AvgIpc) is 3.02. The van der Waals surface area contributed by atoms with Crippen molar-refractivity contribution in [2.75, 3.05) is 11.9 Å². The summed E-state index contributed by atoms with van der Waals surface area (Å²) in [6.45, 7) is 2.63. The lowest BCUT2D eigenvalue weighted by atomic mass is 10.1. The van der Waals surface area contributed by atoms with Crippen molar-refractivity contribution in [1.29, 1.82) is 0 Å². The lowest BCUT2D eigenvalue weighted by Gasteiger charge is -2.26. The van der Waals surface area contributed by atoms with Gasteiger partial charge in [0, 0.05) is 19.6 Å². The molecule has 0 atom stereocenters. The van der Waals surface area contributed by atoms with Crippen LogP contribution in [0.5, 0.6) is 0 Å². The first-order chi connectivity index (χ1) is 14.4. The van der Waals surface area contributed by atoms with Crippen LogP contribution in [-0.2, 0) is 24.4 Å². The van der Waals surface area contributed by atoms with E-state index >= 15 is 0 Å². The molecule has 0 spiro atoms. The number of hydrogen-bond donors (Lipinski definition) is 1. The molecular weight excluding hydrogens is 389 g/mol. The monoisotopic (exact) mass is 409 g/mol.